The van der Waals surface area contributed by atoms with Crippen molar-refractivity contribution in [3.8, 4) is 0 Å². The average Bonchev–Trinajstić information content (AvgIpc) is 2.43. The van der Waals surface area contributed by atoms with E-state index in [9.17, 15) is 12.8 Å². The summed E-state index contributed by atoms with van der Waals surface area (Å²) in [5.74, 6) is -0.718. The second-order valence-corrected chi connectivity index (χ2v) is 7.50. The van der Waals surface area contributed by atoms with E-state index >= 15 is 0 Å². The molecule has 2 rings (SSSR count). The van der Waals surface area contributed by atoms with Gasteiger partial charge in [0.1, 0.15) is 5.82 Å². The fourth-order valence-corrected chi connectivity index (χ4v) is 4.62. The van der Waals surface area contributed by atoms with Gasteiger partial charge in [0.05, 0.1) is 11.9 Å². The maximum absolute atomic E-state index is 13.9. The number of ether oxygens (including phenoxy) is 1. The van der Waals surface area contributed by atoms with Gasteiger partial charge in [-0.1, -0.05) is 24.6 Å². The van der Waals surface area contributed by atoms with Gasteiger partial charge in [0.15, 0.2) is 0 Å². The molecule has 0 saturated carbocycles. The quantitative estimate of drug-likeness (QED) is 0.898. The summed E-state index contributed by atoms with van der Waals surface area (Å²) in [5, 5.41) is -0.262. The molecule has 1 fully saturated rings. The van der Waals surface area contributed by atoms with Crippen LogP contribution in [-0.4, -0.2) is 33.4 Å². The summed E-state index contributed by atoms with van der Waals surface area (Å²) in [6.45, 7) is 2.77. The Labute approximate surface area is 129 Å². The molecule has 1 N–H and O–H groups in total. The molecule has 0 aliphatic carbocycles. The van der Waals surface area contributed by atoms with Crippen LogP contribution in [0.4, 0.5) is 4.39 Å². The number of benzene rings is 1. The van der Waals surface area contributed by atoms with Gasteiger partial charge >= 0.3 is 0 Å². The lowest BCUT2D eigenvalue weighted by Crippen LogP contribution is -2.44. The maximum atomic E-state index is 13.9. The third kappa shape index (κ3) is 3.94. The van der Waals surface area contributed by atoms with Crippen LogP contribution in [0.15, 0.2) is 18.2 Å². The Hall–Kier alpha value is -0.690. The molecule has 7 heteroatoms. The standard InChI is InChI=1S/C14H19ClFNO3S/c1-2-17-21(18,19)14-6-7-20-9-10(14)8-11-12(15)4-3-5-13(11)16/h3-5,10,14,17H,2,6-9H2,1H3/t10-,14-/m1/s1. The molecule has 4 nitrogen and oxygen atoms in total. The number of nitrogens with one attached hydrogen (secondary N) is 1. The van der Waals surface area contributed by atoms with Gasteiger partial charge in [-0.15, -0.1) is 0 Å². The zero-order chi connectivity index (χ0) is 15.5. The summed E-state index contributed by atoms with van der Waals surface area (Å²) in [4.78, 5) is 0. The Bertz CT molecular complexity index is 574. The van der Waals surface area contributed by atoms with Gasteiger partial charge in [-0.2, -0.15) is 0 Å². The minimum atomic E-state index is -3.42. The van der Waals surface area contributed by atoms with Gasteiger partial charge in [0.2, 0.25) is 10.0 Å². The van der Waals surface area contributed by atoms with Gasteiger partial charge in [0.25, 0.3) is 0 Å². The fourth-order valence-electron chi connectivity index (χ4n) is 2.67. The monoisotopic (exact) mass is 335 g/mol. The molecule has 1 aliphatic rings. The van der Waals surface area contributed by atoms with Crippen molar-refractivity contribution >= 4 is 21.6 Å². The van der Waals surface area contributed by atoms with E-state index in [1.807, 2.05) is 0 Å². The first-order chi connectivity index (χ1) is 9.95. The second kappa shape index (κ2) is 7.05. The molecular weight excluding hydrogens is 317 g/mol. The molecule has 2 atom stereocenters. The van der Waals surface area contributed by atoms with E-state index in [1.54, 1.807) is 13.0 Å². The zero-order valence-corrected chi connectivity index (χ0v) is 13.4. The maximum Gasteiger partial charge on any atom is 0.214 e. The second-order valence-electron chi connectivity index (χ2n) is 5.11. The molecule has 118 valence electrons. The minimum Gasteiger partial charge on any atom is -0.381 e. The third-order valence-corrected chi connectivity index (χ3v) is 6.14. The smallest absolute Gasteiger partial charge is 0.214 e. The Kier molecular flexibility index (Phi) is 5.60. The molecule has 1 heterocycles. The first kappa shape index (κ1) is 16.7. The van der Waals surface area contributed by atoms with Gasteiger partial charge < -0.3 is 4.74 Å². The van der Waals surface area contributed by atoms with Crippen molar-refractivity contribution in [1.82, 2.24) is 4.72 Å². The van der Waals surface area contributed by atoms with Crippen LogP contribution in [-0.2, 0) is 21.2 Å². The summed E-state index contributed by atoms with van der Waals surface area (Å²) >= 11 is 6.03. The van der Waals surface area contributed by atoms with Crippen molar-refractivity contribution in [3.63, 3.8) is 0 Å². The lowest BCUT2D eigenvalue weighted by molar-refractivity contribution is 0.0567. The summed E-state index contributed by atoms with van der Waals surface area (Å²) in [6, 6.07) is 4.47. The largest absolute Gasteiger partial charge is 0.381 e. The predicted molar refractivity (Wildman–Crippen MR) is 80.4 cm³/mol. The van der Waals surface area contributed by atoms with Crippen LogP contribution in [0, 0.1) is 11.7 Å². The molecule has 0 spiro atoms. The number of rotatable bonds is 5. The normalized spacial score (nSPS) is 23.2. The van der Waals surface area contributed by atoms with E-state index in [4.69, 9.17) is 16.3 Å². The Morgan fingerprint density at radius 1 is 1.48 bits per heavy atom. The van der Waals surface area contributed by atoms with Gasteiger partial charge in [-0.3, -0.25) is 0 Å². The Morgan fingerprint density at radius 3 is 2.90 bits per heavy atom. The molecule has 0 unspecified atom stereocenters. The molecule has 0 aromatic heterocycles. The first-order valence-corrected chi connectivity index (χ1v) is 8.87. The van der Waals surface area contributed by atoms with Crippen molar-refractivity contribution in [2.24, 2.45) is 5.92 Å². The van der Waals surface area contributed by atoms with E-state index < -0.39 is 21.1 Å². The van der Waals surface area contributed by atoms with E-state index in [2.05, 4.69) is 4.72 Å². The van der Waals surface area contributed by atoms with Crippen molar-refractivity contribution in [1.29, 1.82) is 0 Å². The number of sulfonamides is 1. The topological polar surface area (TPSA) is 55.4 Å². The van der Waals surface area contributed by atoms with Crippen molar-refractivity contribution in [2.75, 3.05) is 19.8 Å². The Balaban J connectivity index is 2.24. The molecule has 21 heavy (non-hydrogen) atoms. The van der Waals surface area contributed by atoms with Crippen molar-refractivity contribution < 1.29 is 17.5 Å². The van der Waals surface area contributed by atoms with Gasteiger partial charge in [-0.25, -0.2) is 17.5 Å². The lowest BCUT2D eigenvalue weighted by Gasteiger charge is -2.31. The fraction of sp³-hybridized carbons (Fsp3) is 0.571. The highest BCUT2D eigenvalue weighted by molar-refractivity contribution is 7.90. The SMILES string of the molecule is CCNS(=O)(=O)[C@@H]1CCOC[C@H]1Cc1c(F)cccc1Cl. The summed E-state index contributed by atoms with van der Waals surface area (Å²) in [7, 11) is -3.42. The molecule has 1 aromatic carbocycles. The molecular formula is C14H19ClFNO3S. The van der Waals surface area contributed by atoms with Crippen LogP contribution in [0.3, 0.4) is 0 Å². The van der Waals surface area contributed by atoms with Gasteiger partial charge in [0, 0.05) is 29.7 Å². The molecule has 1 aliphatic heterocycles. The summed E-state index contributed by atoms with van der Waals surface area (Å²) in [5.41, 5.74) is 0.353. The highest BCUT2D eigenvalue weighted by Crippen LogP contribution is 2.29. The first-order valence-electron chi connectivity index (χ1n) is 6.94. The molecule has 0 amide bonds. The number of hydrogen-bond donors (Lipinski definition) is 1. The average molecular weight is 336 g/mol. The predicted octanol–water partition coefficient (Wildman–Crippen LogP) is 2.37. The molecule has 1 aromatic rings. The third-order valence-electron chi connectivity index (χ3n) is 3.68. The number of halogens is 2. The van der Waals surface area contributed by atoms with Gasteiger partial charge in [-0.05, 0) is 25.0 Å². The minimum absolute atomic E-state index is 0.251. The van der Waals surface area contributed by atoms with Crippen LogP contribution in [0.5, 0.6) is 0 Å². The zero-order valence-electron chi connectivity index (χ0n) is 11.8. The van der Waals surface area contributed by atoms with Crippen LogP contribution in [0.1, 0.15) is 18.9 Å². The van der Waals surface area contributed by atoms with E-state index in [1.165, 1.54) is 12.1 Å². The van der Waals surface area contributed by atoms with Crippen LogP contribution in [0.25, 0.3) is 0 Å². The highest BCUT2D eigenvalue weighted by atomic mass is 35.5. The van der Waals surface area contributed by atoms with E-state index in [-0.39, 0.29) is 12.3 Å². The van der Waals surface area contributed by atoms with Crippen LogP contribution >= 0.6 is 11.6 Å². The van der Waals surface area contributed by atoms with Crippen LogP contribution in [0.2, 0.25) is 5.02 Å². The number of hydrogen-bond acceptors (Lipinski definition) is 3. The van der Waals surface area contributed by atoms with Crippen molar-refractivity contribution in [2.45, 2.75) is 25.0 Å². The lowest BCUT2D eigenvalue weighted by atomic mass is 9.93. The molecule has 0 bridgehead atoms. The molecule has 1 saturated heterocycles. The van der Waals surface area contributed by atoms with Crippen LogP contribution < -0.4 is 4.72 Å². The highest BCUT2D eigenvalue weighted by Gasteiger charge is 2.36. The summed E-state index contributed by atoms with van der Waals surface area (Å²) < 4.78 is 46.3. The van der Waals surface area contributed by atoms with E-state index in [0.29, 0.717) is 36.8 Å². The molecule has 0 radical (unpaired) electrons. The van der Waals surface area contributed by atoms with E-state index in [0.717, 1.165) is 0 Å². The Morgan fingerprint density at radius 2 is 2.24 bits per heavy atom. The summed E-state index contributed by atoms with van der Waals surface area (Å²) in [6.07, 6.45) is 0.660. The van der Waals surface area contributed by atoms with Crippen molar-refractivity contribution in [3.05, 3.63) is 34.6 Å².